The lowest BCUT2D eigenvalue weighted by Gasteiger charge is -2.15. The third-order valence-corrected chi connectivity index (χ3v) is 3.41. The maximum absolute atomic E-state index is 9.01. The molecule has 1 heterocycles. The number of hydrogen-bond acceptors (Lipinski definition) is 4. The molecule has 0 amide bonds. The average molecular weight is 270 g/mol. The van der Waals surface area contributed by atoms with Gasteiger partial charge >= 0.3 is 7.12 Å². The van der Waals surface area contributed by atoms with Crippen molar-refractivity contribution in [2.24, 2.45) is 0 Å². The molecule has 2 N–H and O–H groups in total. The molecule has 0 atom stereocenters. The highest BCUT2D eigenvalue weighted by Gasteiger charge is 2.14. The van der Waals surface area contributed by atoms with E-state index in [4.69, 9.17) is 26.4 Å². The Kier molecular flexibility index (Phi) is 4.89. The summed E-state index contributed by atoms with van der Waals surface area (Å²) < 4.78 is 5.60. The molecule has 0 radical (unpaired) electrons. The highest BCUT2D eigenvalue weighted by atomic mass is 35.5. The van der Waals surface area contributed by atoms with Crippen molar-refractivity contribution in [2.75, 3.05) is 26.2 Å². The Hall–Kier alpha value is -0.745. The van der Waals surface area contributed by atoms with Crippen LogP contribution in [0, 0.1) is 0 Å². The van der Waals surface area contributed by atoms with Crippen molar-refractivity contribution in [3.8, 4) is 5.75 Å². The molecule has 0 spiro atoms. The van der Waals surface area contributed by atoms with E-state index in [0.717, 1.165) is 19.6 Å². The van der Waals surface area contributed by atoms with Crippen LogP contribution >= 0.6 is 11.6 Å². The second kappa shape index (κ2) is 6.43. The summed E-state index contributed by atoms with van der Waals surface area (Å²) in [5, 5.41) is 18.4. The standard InChI is InChI=1S/C12H17BClNO3/c14-11-9-10(13(16)17)3-4-12(11)18-8-7-15-5-1-2-6-15/h3-4,9,16-17H,1-2,5-8H2. The molecule has 1 aromatic carbocycles. The molecule has 2 rings (SSSR count). The molecule has 0 aliphatic carbocycles. The maximum atomic E-state index is 9.01. The zero-order valence-corrected chi connectivity index (χ0v) is 10.9. The molecule has 0 bridgehead atoms. The highest BCUT2D eigenvalue weighted by molar-refractivity contribution is 6.59. The summed E-state index contributed by atoms with van der Waals surface area (Å²) in [6, 6.07) is 4.78. The van der Waals surface area contributed by atoms with E-state index in [2.05, 4.69) is 4.90 Å². The van der Waals surface area contributed by atoms with Gasteiger partial charge in [-0.25, -0.2) is 0 Å². The van der Waals surface area contributed by atoms with E-state index in [0.29, 0.717) is 22.8 Å². The smallest absolute Gasteiger partial charge is 0.488 e. The van der Waals surface area contributed by atoms with Crippen molar-refractivity contribution in [3.05, 3.63) is 23.2 Å². The molecule has 1 aliphatic heterocycles. The summed E-state index contributed by atoms with van der Waals surface area (Å²) in [6.45, 7) is 3.79. The van der Waals surface area contributed by atoms with Gasteiger partial charge in [-0.2, -0.15) is 0 Å². The first-order valence-electron chi connectivity index (χ1n) is 6.17. The summed E-state index contributed by atoms with van der Waals surface area (Å²) in [6.07, 6.45) is 2.54. The molecule has 1 aromatic rings. The molecule has 6 heteroatoms. The van der Waals surface area contributed by atoms with Crippen LogP contribution in [0.25, 0.3) is 0 Å². The van der Waals surface area contributed by atoms with E-state index in [1.165, 1.54) is 18.9 Å². The summed E-state index contributed by atoms with van der Waals surface area (Å²) in [5.41, 5.74) is 0.367. The SMILES string of the molecule is OB(O)c1ccc(OCCN2CCCC2)c(Cl)c1. The predicted octanol–water partition coefficient (Wildman–Crippen LogP) is 0.494. The number of hydrogen-bond donors (Lipinski definition) is 2. The molecule has 1 aliphatic rings. The fraction of sp³-hybridized carbons (Fsp3) is 0.500. The van der Waals surface area contributed by atoms with E-state index in [9.17, 15) is 0 Å². The first kappa shape index (κ1) is 13.7. The van der Waals surface area contributed by atoms with E-state index in [-0.39, 0.29) is 0 Å². The Morgan fingerprint density at radius 1 is 1.28 bits per heavy atom. The molecule has 4 nitrogen and oxygen atoms in total. The number of nitrogens with zero attached hydrogens (tertiary/aromatic N) is 1. The van der Waals surface area contributed by atoms with Gasteiger partial charge in [0.15, 0.2) is 0 Å². The summed E-state index contributed by atoms with van der Waals surface area (Å²) in [4.78, 5) is 2.36. The minimum atomic E-state index is -1.50. The Balaban J connectivity index is 1.85. The fourth-order valence-corrected chi connectivity index (χ4v) is 2.33. The van der Waals surface area contributed by atoms with Crippen LogP contribution in [0.3, 0.4) is 0 Å². The van der Waals surface area contributed by atoms with Crippen LogP contribution in [-0.2, 0) is 0 Å². The third-order valence-electron chi connectivity index (χ3n) is 3.12. The summed E-state index contributed by atoms with van der Waals surface area (Å²) in [5.74, 6) is 0.584. The molecule has 1 fully saturated rings. The Bertz CT molecular complexity index is 397. The molecule has 18 heavy (non-hydrogen) atoms. The van der Waals surface area contributed by atoms with Gasteiger partial charge in [-0.05, 0) is 43.5 Å². The van der Waals surface area contributed by atoms with Crippen molar-refractivity contribution in [1.29, 1.82) is 0 Å². The van der Waals surface area contributed by atoms with Crippen molar-refractivity contribution in [2.45, 2.75) is 12.8 Å². The van der Waals surface area contributed by atoms with Gasteiger partial charge in [-0.15, -0.1) is 0 Å². The van der Waals surface area contributed by atoms with E-state index in [1.54, 1.807) is 12.1 Å². The number of ether oxygens (including phenoxy) is 1. The van der Waals surface area contributed by atoms with Gasteiger partial charge in [0.2, 0.25) is 0 Å². The highest BCUT2D eigenvalue weighted by Crippen LogP contribution is 2.22. The van der Waals surface area contributed by atoms with Crippen LogP contribution in [0.15, 0.2) is 18.2 Å². The van der Waals surface area contributed by atoms with Crippen LogP contribution in [0.2, 0.25) is 5.02 Å². The Labute approximate surface area is 112 Å². The molecule has 0 aromatic heterocycles. The second-order valence-electron chi connectivity index (χ2n) is 4.46. The lowest BCUT2D eigenvalue weighted by Crippen LogP contribution is -2.29. The number of rotatable bonds is 5. The van der Waals surface area contributed by atoms with Crippen LogP contribution in [0.1, 0.15) is 12.8 Å². The van der Waals surface area contributed by atoms with Crippen molar-refractivity contribution in [1.82, 2.24) is 4.90 Å². The topological polar surface area (TPSA) is 52.9 Å². The van der Waals surface area contributed by atoms with Crippen LogP contribution in [0.4, 0.5) is 0 Å². The van der Waals surface area contributed by atoms with E-state index >= 15 is 0 Å². The Morgan fingerprint density at radius 3 is 2.61 bits per heavy atom. The second-order valence-corrected chi connectivity index (χ2v) is 4.87. The van der Waals surface area contributed by atoms with Gasteiger partial charge in [0.1, 0.15) is 12.4 Å². The minimum Gasteiger partial charge on any atom is -0.491 e. The van der Waals surface area contributed by atoms with Gasteiger partial charge in [0.05, 0.1) is 5.02 Å². The number of likely N-dealkylation sites (tertiary alicyclic amines) is 1. The molecule has 0 unspecified atom stereocenters. The normalized spacial score (nSPS) is 15.9. The lowest BCUT2D eigenvalue weighted by molar-refractivity contribution is 0.238. The first-order valence-corrected chi connectivity index (χ1v) is 6.55. The van der Waals surface area contributed by atoms with Gasteiger partial charge < -0.3 is 14.8 Å². The zero-order valence-electron chi connectivity index (χ0n) is 10.2. The number of benzene rings is 1. The van der Waals surface area contributed by atoms with Gasteiger partial charge in [-0.3, -0.25) is 4.90 Å². The average Bonchev–Trinajstić information content (AvgIpc) is 2.84. The molecular formula is C12H17BClNO3. The van der Waals surface area contributed by atoms with Crippen molar-refractivity contribution >= 4 is 24.2 Å². The molecule has 1 saturated heterocycles. The first-order chi connectivity index (χ1) is 8.66. The molecular weight excluding hydrogens is 252 g/mol. The largest absolute Gasteiger partial charge is 0.491 e. The predicted molar refractivity (Wildman–Crippen MR) is 72.4 cm³/mol. The fourth-order valence-electron chi connectivity index (χ4n) is 2.09. The molecule has 98 valence electrons. The van der Waals surface area contributed by atoms with Gasteiger partial charge in [0, 0.05) is 6.54 Å². The minimum absolute atomic E-state index is 0.367. The monoisotopic (exact) mass is 269 g/mol. The van der Waals surface area contributed by atoms with Crippen molar-refractivity contribution < 1.29 is 14.8 Å². The lowest BCUT2D eigenvalue weighted by atomic mass is 9.80. The zero-order chi connectivity index (χ0) is 13.0. The molecule has 0 saturated carbocycles. The van der Waals surface area contributed by atoms with E-state index < -0.39 is 7.12 Å². The van der Waals surface area contributed by atoms with Crippen molar-refractivity contribution in [3.63, 3.8) is 0 Å². The summed E-state index contributed by atoms with van der Waals surface area (Å²) >= 11 is 6.01. The quantitative estimate of drug-likeness (QED) is 0.764. The number of halogens is 1. The van der Waals surface area contributed by atoms with Gasteiger partial charge in [-0.1, -0.05) is 17.7 Å². The third kappa shape index (κ3) is 3.62. The summed E-state index contributed by atoms with van der Waals surface area (Å²) in [7, 11) is -1.50. The van der Waals surface area contributed by atoms with Crippen LogP contribution in [0.5, 0.6) is 5.75 Å². The Morgan fingerprint density at radius 2 is 2.00 bits per heavy atom. The maximum Gasteiger partial charge on any atom is 0.488 e. The van der Waals surface area contributed by atoms with Crippen LogP contribution < -0.4 is 10.2 Å². The van der Waals surface area contributed by atoms with Crippen LogP contribution in [-0.4, -0.2) is 48.3 Å². The van der Waals surface area contributed by atoms with E-state index in [1.807, 2.05) is 0 Å². The van der Waals surface area contributed by atoms with Gasteiger partial charge in [0.25, 0.3) is 0 Å².